The van der Waals surface area contributed by atoms with Crippen LogP contribution in [0.3, 0.4) is 0 Å². The summed E-state index contributed by atoms with van der Waals surface area (Å²) < 4.78 is 0. The molecule has 1 aliphatic heterocycles. The predicted octanol–water partition coefficient (Wildman–Crippen LogP) is 4.06. The predicted molar refractivity (Wildman–Crippen MR) is 85.7 cm³/mol. The first-order chi connectivity index (χ1) is 9.27. The number of rotatable bonds is 10. The Morgan fingerprint density at radius 1 is 1.05 bits per heavy atom. The summed E-state index contributed by atoms with van der Waals surface area (Å²) >= 11 is 0. The molecule has 114 valence electrons. The lowest BCUT2D eigenvalue weighted by molar-refractivity contribution is 0.133. The van der Waals surface area contributed by atoms with Gasteiger partial charge in [-0.3, -0.25) is 0 Å². The van der Waals surface area contributed by atoms with Crippen molar-refractivity contribution >= 4 is 0 Å². The first-order valence-electron chi connectivity index (χ1n) is 8.72. The van der Waals surface area contributed by atoms with Crippen molar-refractivity contribution in [2.24, 2.45) is 5.92 Å². The van der Waals surface area contributed by atoms with Crippen LogP contribution in [-0.2, 0) is 0 Å². The minimum absolute atomic E-state index is 0.807. The summed E-state index contributed by atoms with van der Waals surface area (Å²) in [7, 11) is 0. The third-order valence-corrected chi connectivity index (χ3v) is 4.68. The van der Waals surface area contributed by atoms with Crippen LogP contribution in [0.25, 0.3) is 0 Å². The van der Waals surface area contributed by atoms with Gasteiger partial charge in [-0.05, 0) is 58.3 Å². The summed E-state index contributed by atoms with van der Waals surface area (Å²) in [5.41, 5.74) is 0. The number of likely N-dealkylation sites (tertiary alicyclic amines) is 1. The van der Waals surface area contributed by atoms with Gasteiger partial charge in [0.1, 0.15) is 0 Å². The third-order valence-electron chi connectivity index (χ3n) is 4.68. The normalized spacial score (nSPS) is 19.7. The summed E-state index contributed by atoms with van der Waals surface area (Å²) in [5.74, 6) is 0.924. The van der Waals surface area contributed by atoms with Gasteiger partial charge in [0.05, 0.1) is 0 Å². The molecule has 1 aliphatic rings. The van der Waals surface area contributed by atoms with Crippen LogP contribution in [0.5, 0.6) is 0 Å². The minimum Gasteiger partial charge on any atom is -0.317 e. The van der Waals surface area contributed by atoms with Crippen molar-refractivity contribution in [2.45, 2.75) is 78.2 Å². The molecule has 1 atom stereocenters. The molecular formula is C17H36N2. The van der Waals surface area contributed by atoms with E-state index >= 15 is 0 Å². The number of hydrogen-bond donors (Lipinski definition) is 1. The number of unbranched alkanes of at least 4 members (excludes halogenated alkanes) is 4. The molecule has 1 N–H and O–H groups in total. The molecule has 0 bridgehead atoms. The van der Waals surface area contributed by atoms with Gasteiger partial charge in [0, 0.05) is 6.04 Å². The van der Waals surface area contributed by atoms with Crippen LogP contribution in [0.2, 0.25) is 0 Å². The van der Waals surface area contributed by atoms with Gasteiger partial charge in [-0.1, -0.05) is 46.0 Å². The second-order valence-corrected chi connectivity index (χ2v) is 6.34. The van der Waals surface area contributed by atoms with Gasteiger partial charge in [0.15, 0.2) is 0 Å². The van der Waals surface area contributed by atoms with Gasteiger partial charge in [-0.2, -0.15) is 0 Å². The lowest BCUT2D eigenvalue weighted by Crippen LogP contribution is -2.41. The maximum absolute atomic E-state index is 3.50. The lowest BCUT2D eigenvalue weighted by Gasteiger charge is -2.36. The highest BCUT2D eigenvalue weighted by Gasteiger charge is 2.21. The van der Waals surface area contributed by atoms with Crippen molar-refractivity contribution in [3.05, 3.63) is 0 Å². The number of hydrogen-bond acceptors (Lipinski definition) is 2. The standard InChI is InChI=1S/C17H36N2/c1-4-6-7-8-9-10-16(3)19-13-11-17(12-14-19)15-18-5-2/h16-18H,4-15H2,1-3H3. The van der Waals surface area contributed by atoms with E-state index in [4.69, 9.17) is 0 Å². The Hall–Kier alpha value is -0.0800. The molecule has 0 aromatic carbocycles. The Kier molecular flexibility index (Phi) is 9.54. The third kappa shape index (κ3) is 7.31. The SMILES string of the molecule is CCCCCCCC(C)N1CCC(CNCC)CC1. The molecule has 19 heavy (non-hydrogen) atoms. The molecule has 1 fully saturated rings. The molecule has 2 nitrogen and oxygen atoms in total. The van der Waals surface area contributed by atoms with Crippen LogP contribution in [0.1, 0.15) is 72.1 Å². The van der Waals surface area contributed by atoms with Crippen LogP contribution in [0, 0.1) is 5.92 Å². The summed E-state index contributed by atoms with van der Waals surface area (Å²) in [6.07, 6.45) is 11.3. The quantitative estimate of drug-likeness (QED) is 0.601. The van der Waals surface area contributed by atoms with Gasteiger partial charge in [-0.25, -0.2) is 0 Å². The summed E-state index contributed by atoms with van der Waals surface area (Å²) in [6, 6.07) is 0.807. The first-order valence-corrected chi connectivity index (χ1v) is 8.72. The topological polar surface area (TPSA) is 15.3 Å². The van der Waals surface area contributed by atoms with E-state index in [1.807, 2.05) is 0 Å². The highest BCUT2D eigenvalue weighted by atomic mass is 15.2. The Morgan fingerprint density at radius 2 is 1.74 bits per heavy atom. The molecule has 0 radical (unpaired) electrons. The fraction of sp³-hybridized carbons (Fsp3) is 1.00. The van der Waals surface area contributed by atoms with Crippen molar-refractivity contribution in [3.63, 3.8) is 0 Å². The van der Waals surface area contributed by atoms with Crippen LogP contribution in [0.4, 0.5) is 0 Å². The molecule has 1 heterocycles. The van der Waals surface area contributed by atoms with Crippen molar-refractivity contribution in [3.8, 4) is 0 Å². The minimum atomic E-state index is 0.807. The molecule has 1 saturated heterocycles. The number of nitrogens with zero attached hydrogens (tertiary/aromatic N) is 1. The molecule has 0 spiro atoms. The highest BCUT2D eigenvalue weighted by Crippen LogP contribution is 2.20. The van der Waals surface area contributed by atoms with E-state index < -0.39 is 0 Å². The van der Waals surface area contributed by atoms with E-state index in [2.05, 4.69) is 31.0 Å². The van der Waals surface area contributed by atoms with Gasteiger partial charge in [0.25, 0.3) is 0 Å². The van der Waals surface area contributed by atoms with Crippen LogP contribution in [0.15, 0.2) is 0 Å². The molecule has 0 aromatic heterocycles. The van der Waals surface area contributed by atoms with Crippen LogP contribution < -0.4 is 5.32 Å². The zero-order chi connectivity index (χ0) is 13.9. The maximum atomic E-state index is 3.50. The van der Waals surface area contributed by atoms with Gasteiger partial charge >= 0.3 is 0 Å². The fourth-order valence-electron chi connectivity index (χ4n) is 3.17. The van der Waals surface area contributed by atoms with E-state index in [1.54, 1.807) is 0 Å². The fourth-order valence-corrected chi connectivity index (χ4v) is 3.17. The zero-order valence-electron chi connectivity index (χ0n) is 13.6. The van der Waals surface area contributed by atoms with Crippen molar-refractivity contribution in [1.82, 2.24) is 10.2 Å². The van der Waals surface area contributed by atoms with Crippen molar-refractivity contribution in [2.75, 3.05) is 26.2 Å². The Labute approximate surface area is 121 Å². The summed E-state index contributed by atoms with van der Waals surface area (Å²) in [5, 5.41) is 3.50. The molecule has 0 aromatic rings. The Balaban J connectivity index is 2.06. The Morgan fingerprint density at radius 3 is 2.37 bits per heavy atom. The molecule has 0 saturated carbocycles. The van der Waals surface area contributed by atoms with Crippen LogP contribution >= 0.6 is 0 Å². The van der Waals surface area contributed by atoms with E-state index in [0.717, 1.165) is 18.5 Å². The highest BCUT2D eigenvalue weighted by molar-refractivity contribution is 4.77. The largest absolute Gasteiger partial charge is 0.317 e. The molecular weight excluding hydrogens is 232 g/mol. The van der Waals surface area contributed by atoms with Gasteiger partial charge in [0.2, 0.25) is 0 Å². The van der Waals surface area contributed by atoms with Crippen LogP contribution in [-0.4, -0.2) is 37.1 Å². The van der Waals surface area contributed by atoms with E-state index in [9.17, 15) is 0 Å². The zero-order valence-corrected chi connectivity index (χ0v) is 13.6. The summed E-state index contributed by atoms with van der Waals surface area (Å²) in [4.78, 5) is 2.72. The average Bonchev–Trinajstić information content (AvgIpc) is 2.45. The number of nitrogens with one attached hydrogen (secondary N) is 1. The maximum Gasteiger partial charge on any atom is 0.00669 e. The van der Waals surface area contributed by atoms with Gasteiger partial charge < -0.3 is 10.2 Å². The average molecular weight is 268 g/mol. The number of piperidine rings is 1. The van der Waals surface area contributed by atoms with E-state index in [-0.39, 0.29) is 0 Å². The summed E-state index contributed by atoms with van der Waals surface area (Å²) in [6.45, 7) is 11.9. The monoisotopic (exact) mass is 268 g/mol. The smallest absolute Gasteiger partial charge is 0.00669 e. The van der Waals surface area contributed by atoms with Crippen molar-refractivity contribution in [1.29, 1.82) is 0 Å². The second-order valence-electron chi connectivity index (χ2n) is 6.34. The van der Waals surface area contributed by atoms with Crippen molar-refractivity contribution < 1.29 is 0 Å². The lowest BCUT2D eigenvalue weighted by atomic mass is 9.95. The Bertz CT molecular complexity index is 197. The second kappa shape index (κ2) is 10.7. The van der Waals surface area contributed by atoms with E-state index in [1.165, 1.54) is 71.0 Å². The molecule has 1 rings (SSSR count). The molecule has 2 heteroatoms. The first kappa shape index (κ1) is 17.0. The van der Waals surface area contributed by atoms with E-state index in [0.29, 0.717) is 0 Å². The molecule has 0 aliphatic carbocycles. The molecule has 0 amide bonds. The molecule has 1 unspecified atom stereocenters. The van der Waals surface area contributed by atoms with Gasteiger partial charge in [-0.15, -0.1) is 0 Å².